The molecule has 6 nitrogen and oxygen atoms in total. The molecule has 1 aromatic rings. The summed E-state index contributed by atoms with van der Waals surface area (Å²) in [6.45, 7) is 4.25. The van der Waals surface area contributed by atoms with E-state index in [1.807, 2.05) is 6.92 Å². The molecule has 0 radical (unpaired) electrons. The molecule has 9 heteroatoms. The van der Waals surface area contributed by atoms with Crippen LogP contribution in [0, 0.1) is 0 Å². The summed E-state index contributed by atoms with van der Waals surface area (Å²) in [6.07, 6.45) is -3.50. The van der Waals surface area contributed by atoms with Gasteiger partial charge >= 0.3 is 12.2 Å². The smallest absolute Gasteiger partial charge is 0.359 e. The third kappa shape index (κ3) is 4.60. The van der Waals surface area contributed by atoms with Crippen molar-refractivity contribution in [2.75, 3.05) is 26.2 Å². The first-order valence-corrected chi connectivity index (χ1v) is 7.59. The molecule has 1 fully saturated rings. The van der Waals surface area contributed by atoms with E-state index in [0.717, 1.165) is 19.0 Å². The van der Waals surface area contributed by atoms with E-state index in [9.17, 15) is 18.0 Å². The zero-order chi connectivity index (χ0) is 17.0. The fraction of sp³-hybridized carbons (Fsp3) is 0.714. The number of amides is 2. The third-order valence-electron chi connectivity index (χ3n) is 4.01. The predicted molar refractivity (Wildman–Crippen MR) is 76.8 cm³/mol. The average molecular weight is 334 g/mol. The average Bonchev–Trinajstić information content (AvgIpc) is 2.99. The van der Waals surface area contributed by atoms with Crippen molar-refractivity contribution in [3.8, 4) is 0 Å². The molecule has 2 rings (SSSR count). The fourth-order valence-corrected chi connectivity index (χ4v) is 2.40. The van der Waals surface area contributed by atoms with Gasteiger partial charge in [-0.05, 0) is 13.3 Å². The predicted octanol–water partition coefficient (Wildman–Crippen LogP) is 2.02. The molecule has 130 valence electrons. The number of carbonyl (C=O) groups excluding carboxylic acids is 1. The van der Waals surface area contributed by atoms with E-state index in [1.165, 1.54) is 9.80 Å². The van der Waals surface area contributed by atoms with Gasteiger partial charge in [-0.25, -0.2) is 4.79 Å². The van der Waals surface area contributed by atoms with E-state index in [0.29, 0.717) is 5.76 Å². The number of nitrogens with zero attached hydrogens (tertiary/aromatic N) is 3. The zero-order valence-electron chi connectivity index (χ0n) is 13.2. The van der Waals surface area contributed by atoms with Gasteiger partial charge in [0.15, 0.2) is 5.76 Å². The van der Waals surface area contributed by atoms with Gasteiger partial charge in [0, 0.05) is 32.2 Å². The van der Waals surface area contributed by atoms with E-state index >= 15 is 0 Å². The summed E-state index contributed by atoms with van der Waals surface area (Å²) in [4.78, 5) is 14.9. The minimum atomic E-state index is -4.24. The van der Waals surface area contributed by atoms with Crippen LogP contribution >= 0.6 is 0 Å². The van der Waals surface area contributed by atoms with Crippen LogP contribution in [-0.2, 0) is 13.0 Å². The number of halogens is 3. The van der Waals surface area contributed by atoms with Crippen LogP contribution in [0.4, 0.5) is 18.0 Å². The first-order chi connectivity index (χ1) is 10.8. The van der Waals surface area contributed by atoms with Crippen molar-refractivity contribution in [2.24, 2.45) is 0 Å². The van der Waals surface area contributed by atoms with Gasteiger partial charge in [-0.3, -0.25) is 4.90 Å². The Kier molecular flexibility index (Phi) is 5.51. The minimum Gasteiger partial charge on any atom is -0.359 e. The van der Waals surface area contributed by atoms with Gasteiger partial charge < -0.3 is 14.7 Å². The molecule has 23 heavy (non-hydrogen) atoms. The van der Waals surface area contributed by atoms with Crippen LogP contribution in [0.25, 0.3) is 0 Å². The summed E-state index contributed by atoms with van der Waals surface area (Å²) >= 11 is 0. The van der Waals surface area contributed by atoms with Crippen molar-refractivity contribution < 1.29 is 22.5 Å². The summed E-state index contributed by atoms with van der Waals surface area (Å²) in [6, 6.07) is -0.0309. The second kappa shape index (κ2) is 7.20. The van der Waals surface area contributed by atoms with E-state index in [2.05, 4.69) is 10.5 Å². The maximum Gasteiger partial charge on any atom is 0.403 e. The molecule has 1 aliphatic heterocycles. The Morgan fingerprint density at radius 3 is 2.57 bits per heavy atom. The molecule has 1 aromatic heterocycles. The Bertz CT molecular complexity index is 524. The highest BCUT2D eigenvalue weighted by atomic mass is 19.4. The van der Waals surface area contributed by atoms with Crippen LogP contribution in [0.3, 0.4) is 0 Å². The Morgan fingerprint density at radius 2 is 2.04 bits per heavy atom. The number of urea groups is 1. The van der Waals surface area contributed by atoms with Crippen LogP contribution in [0.2, 0.25) is 0 Å². The lowest BCUT2D eigenvalue weighted by Gasteiger charge is -2.38. The number of nitrogens with one attached hydrogen (secondary N) is 1. The van der Waals surface area contributed by atoms with Crippen molar-refractivity contribution in [3.63, 3.8) is 0 Å². The Labute approximate surface area is 132 Å². The highest BCUT2D eigenvalue weighted by Crippen LogP contribution is 2.25. The second-order valence-electron chi connectivity index (χ2n) is 5.54. The molecule has 2 amide bonds. The number of aryl methyl sites for hydroxylation is 1. The molecule has 0 unspecified atom stereocenters. The summed E-state index contributed by atoms with van der Waals surface area (Å²) in [7, 11) is 0. The van der Waals surface area contributed by atoms with Gasteiger partial charge in [0.2, 0.25) is 0 Å². The molecule has 1 saturated heterocycles. The van der Waals surface area contributed by atoms with E-state index in [4.69, 9.17) is 4.52 Å². The maximum atomic E-state index is 12.7. The first-order valence-electron chi connectivity index (χ1n) is 7.59. The van der Waals surface area contributed by atoms with E-state index in [-0.39, 0.29) is 38.8 Å². The SMILES string of the molecule is CCc1cc(CNC(=O)N2CCN([C@@H](C)C(F)(F)F)CC2)on1. The van der Waals surface area contributed by atoms with Gasteiger partial charge in [-0.15, -0.1) is 0 Å². The lowest BCUT2D eigenvalue weighted by atomic mass is 10.2. The molecule has 0 saturated carbocycles. The summed E-state index contributed by atoms with van der Waals surface area (Å²) < 4.78 is 43.1. The van der Waals surface area contributed by atoms with Crippen LogP contribution in [0.15, 0.2) is 10.6 Å². The summed E-state index contributed by atoms with van der Waals surface area (Å²) in [5.74, 6) is 0.555. The Morgan fingerprint density at radius 1 is 1.39 bits per heavy atom. The quantitative estimate of drug-likeness (QED) is 0.915. The van der Waals surface area contributed by atoms with Gasteiger partial charge in [-0.2, -0.15) is 13.2 Å². The molecule has 0 spiro atoms. The lowest BCUT2D eigenvalue weighted by molar-refractivity contribution is -0.181. The number of rotatable bonds is 4. The zero-order valence-corrected chi connectivity index (χ0v) is 13.2. The number of hydrogen-bond acceptors (Lipinski definition) is 4. The highest BCUT2D eigenvalue weighted by Gasteiger charge is 2.41. The molecule has 0 aliphatic carbocycles. The van der Waals surface area contributed by atoms with Crippen molar-refractivity contribution in [3.05, 3.63) is 17.5 Å². The van der Waals surface area contributed by atoms with Crippen molar-refractivity contribution in [1.82, 2.24) is 20.3 Å². The van der Waals surface area contributed by atoms with Gasteiger partial charge in [-0.1, -0.05) is 12.1 Å². The van der Waals surface area contributed by atoms with Gasteiger partial charge in [0.05, 0.1) is 12.2 Å². The van der Waals surface area contributed by atoms with Crippen molar-refractivity contribution in [1.29, 1.82) is 0 Å². The number of alkyl halides is 3. The van der Waals surface area contributed by atoms with E-state index < -0.39 is 12.2 Å². The topological polar surface area (TPSA) is 61.6 Å². The molecule has 1 aliphatic rings. The molecule has 1 atom stereocenters. The van der Waals surface area contributed by atoms with E-state index in [1.54, 1.807) is 6.07 Å². The second-order valence-corrected chi connectivity index (χ2v) is 5.54. The summed E-state index contributed by atoms with van der Waals surface area (Å²) in [5.41, 5.74) is 0.809. The first kappa shape index (κ1) is 17.6. The van der Waals surface area contributed by atoms with Crippen molar-refractivity contribution >= 4 is 6.03 Å². The molecule has 1 N–H and O–H groups in total. The standard InChI is InChI=1S/C14H21F3N4O2/c1-3-11-8-12(23-19-11)9-18-13(22)21-6-4-20(5-7-21)10(2)14(15,16)17/h8,10H,3-7,9H2,1-2H3,(H,18,22)/t10-/m0/s1. The number of hydrogen-bond donors (Lipinski definition) is 1. The molecule has 2 heterocycles. The number of piperazine rings is 1. The lowest BCUT2D eigenvalue weighted by Crippen LogP contribution is -2.56. The summed E-state index contributed by atoms with van der Waals surface area (Å²) in [5, 5.41) is 6.52. The Hall–Kier alpha value is -1.77. The van der Waals surface area contributed by atoms with Crippen LogP contribution in [0.1, 0.15) is 25.3 Å². The molecular formula is C14H21F3N4O2. The van der Waals surface area contributed by atoms with Crippen LogP contribution in [-0.4, -0.2) is 59.4 Å². The van der Waals surface area contributed by atoms with Gasteiger partial charge in [0.25, 0.3) is 0 Å². The minimum absolute atomic E-state index is 0.205. The normalized spacial score (nSPS) is 18.0. The highest BCUT2D eigenvalue weighted by molar-refractivity contribution is 5.74. The van der Waals surface area contributed by atoms with Gasteiger partial charge in [0.1, 0.15) is 6.04 Å². The van der Waals surface area contributed by atoms with Crippen LogP contribution in [0.5, 0.6) is 0 Å². The molecule has 0 bridgehead atoms. The fourth-order valence-electron chi connectivity index (χ4n) is 2.40. The largest absolute Gasteiger partial charge is 0.403 e. The van der Waals surface area contributed by atoms with Crippen LogP contribution < -0.4 is 5.32 Å². The maximum absolute atomic E-state index is 12.7. The molecule has 0 aromatic carbocycles. The Balaban J connectivity index is 1.77. The molecular weight excluding hydrogens is 313 g/mol. The van der Waals surface area contributed by atoms with Crippen molar-refractivity contribution in [2.45, 2.75) is 39.0 Å². The monoisotopic (exact) mass is 334 g/mol. The number of aromatic nitrogens is 1. The third-order valence-corrected chi connectivity index (χ3v) is 4.01. The number of carbonyl (C=O) groups is 1.